The molecule has 0 bridgehead atoms. The fourth-order valence-electron chi connectivity index (χ4n) is 3.71. The maximum atomic E-state index is 13.3. The molecule has 7 nitrogen and oxygen atoms in total. The van der Waals surface area contributed by atoms with Crippen LogP contribution in [0.5, 0.6) is 5.75 Å². The second-order valence-electron chi connectivity index (χ2n) is 9.00. The zero-order valence-corrected chi connectivity index (χ0v) is 25.0. The average molecular weight is 621 g/mol. The normalized spacial score (nSPS) is 11.8. The van der Waals surface area contributed by atoms with Crippen LogP contribution in [0, 0.1) is 0 Å². The van der Waals surface area contributed by atoms with Crippen LogP contribution < -0.4 is 20.7 Å². The first kappa shape index (κ1) is 30.7. The number of thioether (sulfide) groups is 1. The second-order valence-corrected chi connectivity index (χ2v) is 11.3. The van der Waals surface area contributed by atoms with E-state index in [-0.39, 0.29) is 11.6 Å². The molecule has 0 aliphatic rings. The summed E-state index contributed by atoms with van der Waals surface area (Å²) in [5.41, 5.74) is 2.15. The van der Waals surface area contributed by atoms with Crippen molar-refractivity contribution in [2.24, 2.45) is 0 Å². The van der Waals surface area contributed by atoms with Gasteiger partial charge in [0.1, 0.15) is 11.4 Å². The van der Waals surface area contributed by atoms with Crippen LogP contribution in [0.15, 0.2) is 108 Å². The number of hydrogen-bond acceptors (Lipinski definition) is 5. The molecule has 0 radical (unpaired) electrons. The summed E-state index contributed by atoms with van der Waals surface area (Å²) in [6.07, 6.45) is 1.59. The number of methoxy groups -OCH3 is 1. The number of benzene rings is 4. The predicted octanol–water partition coefficient (Wildman–Crippen LogP) is 7.53. The number of nitrogens with one attached hydrogen (secondary N) is 3. The van der Waals surface area contributed by atoms with Gasteiger partial charge in [0, 0.05) is 21.2 Å². The average Bonchev–Trinajstić information content (AvgIpc) is 3.00. The van der Waals surface area contributed by atoms with Gasteiger partial charge in [0.2, 0.25) is 5.91 Å². The lowest BCUT2D eigenvalue weighted by Gasteiger charge is -2.14. The molecule has 10 heteroatoms. The lowest BCUT2D eigenvalue weighted by atomic mass is 10.1. The minimum absolute atomic E-state index is 0.0671. The summed E-state index contributed by atoms with van der Waals surface area (Å²) < 4.78 is 5.20. The Morgan fingerprint density at radius 1 is 0.857 bits per heavy atom. The highest BCUT2D eigenvalue weighted by Crippen LogP contribution is 2.29. The molecule has 1 unspecified atom stereocenters. The van der Waals surface area contributed by atoms with Crippen molar-refractivity contribution in [2.45, 2.75) is 17.1 Å². The Labute approximate surface area is 258 Å². The molecule has 3 N–H and O–H groups in total. The van der Waals surface area contributed by atoms with Crippen LogP contribution in [0.1, 0.15) is 22.8 Å². The van der Waals surface area contributed by atoms with Gasteiger partial charge in [-0.25, -0.2) is 0 Å². The van der Waals surface area contributed by atoms with Crippen molar-refractivity contribution in [1.29, 1.82) is 0 Å². The van der Waals surface area contributed by atoms with E-state index in [4.69, 9.17) is 27.9 Å². The van der Waals surface area contributed by atoms with Crippen LogP contribution in [0.3, 0.4) is 0 Å². The first-order chi connectivity index (χ1) is 20.2. The highest BCUT2D eigenvalue weighted by Gasteiger charge is 2.18. The molecular weight excluding hydrogens is 593 g/mol. The van der Waals surface area contributed by atoms with Crippen molar-refractivity contribution < 1.29 is 19.1 Å². The number of anilines is 2. The van der Waals surface area contributed by atoms with Gasteiger partial charge in [0.05, 0.1) is 23.1 Å². The van der Waals surface area contributed by atoms with Gasteiger partial charge in [-0.2, -0.15) is 0 Å². The van der Waals surface area contributed by atoms with E-state index < -0.39 is 17.1 Å². The summed E-state index contributed by atoms with van der Waals surface area (Å²) in [5.74, 6) is -0.473. The molecule has 0 saturated carbocycles. The Kier molecular flexibility index (Phi) is 10.7. The zero-order valence-electron chi connectivity index (χ0n) is 22.7. The second kappa shape index (κ2) is 14.6. The Hall–Kier alpha value is -4.24. The molecule has 214 valence electrons. The zero-order chi connectivity index (χ0) is 30.1. The summed E-state index contributed by atoms with van der Waals surface area (Å²) in [6.45, 7) is 1.78. The Morgan fingerprint density at radius 3 is 2.21 bits per heavy atom. The topological polar surface area (TPSA) is 96.5 Å². The van der Waals surface area contributed by atoms with Crippen LogP contribution in [-0.2, 0) is 9.59 Å². The lowest BCUT2D eigenvalue weighted by molar-refractivity contribution is -0.115. The molecule has 4 rings (SSSR count). The van der Waals surface area contributed by atoms with E-state index in [1.54, 1.807) is 111 Å². The van der Waals surface area contributed by atoms with E-state index in [1.165, 1.54) is 11.8 Å². The summed E-state index contributed by atoms with van der Waals surface area (Å²) in [5, 5.41) is 8.76. The first-order valence-electron chi connectivity index (χ1n) is 12.8. The first-order valence-corrected chi connectivity index (χ1v) is 14.4. The number of hydrogen-bond donors (Lipinski definition) is 3. The fraction of sp³-hybridized carbons (Fsp3) is 0.0938. The van der Waals surface area contributed by atoms with Crippen molar-refractivity contribution in [3.63, 3.8) is 0 Å². The van der Waals surface area contributed by atoms with Crippen LogP contribution in [-0.4, -0.2) is 30.1 Å². The van der Waals surface area contributed by atoms with Crippen molar-refractivity contribution in [3.05, 3.63) is 124 Å². The molecule has 0 aliphatic heterocycles. The highest BCUT2D eigenvalue weighted by atomic mass is 35.5. The summed E-state index contributed by atoms with van der Waals surface area (Å²) in [7, 11) is 1.57. The Morgan fingerprint density at radius 2 is 1.55 bits per heavy atom. The summed E-state index contributed by atoms with van der Waals surface area (Å²) in [4.78, 5) is 39.7. The molecular formula is C32H27Cl2N3O4S. The molecule has 4 aromatic carbocycles. The molecule has 0 spiro atoms. The van der Waals surface area contributed by atoms with Gasteiger partial charge in [-0.3, -0.25) is 14.4 Å². The summed E-state index contributed by atoms with van der Waals surface area (Å²) in [6, 6.07) is 27.6. The highest BCUT2D eigenvalue weighted by molar-refractivity contribution is 8.00. The van der Waals surface area contributed by atoms with E-state index in [1.807, 2.05) is 6.07 Å². The molecule has 0 saturated heterocycles. The van der Waals surface area contributed by atoms with E-state index in [0.717, 1.165) is 4.90 Å². The van der Waals surface area contributed by atoms with Gasteiger partial charge in [0.25, 0.3) is 11.8 Å². The third-order valence-electron chi connectivity index (χ3n) is 5.94. The minimum Gasteiger partial charge on any atom is -0.497 e. The molecule has 0 fully saturated rings. The van der Waals surface area contributed by atoms with Crippen LogP contribution >= 0.6 is 35.0 Å². The molecule has 1 atom stereocenters. The maximum absolute atomic E-state index is 13.3. The van der Waals surface area contributed by atoms with Crippen molar-refractivity contribution in [2.75, 3.05) is 17.7 Å². The molecule has 4 aromatic rings. The minimum atomic E-state index is -0.498. The number of carbonyl (C=O) groups excluding carboxylic acids is 3. The van der Waals surface area contributed by atoms with Crippen LogP contribution in [0.25, 0.3) is 6.08 Å². The van der Waals surface area contributed by atoms with Crippen molar-refractivity contribution in [1.82, 2.24) is 5.32 Å². The Bertz CT molecular complexity index is 1590. The molecule has 3 amide bonds. The number of amides is 3. The lowest BCUT2D eigenvalue weighted by Crippen LogP contribution is -2.30. The van der Waals surface area contributed by atoms with Gasteiger partial charge in [-0.05, 0) is 85.3 Å². The van der Waals surface area contributed by atoms with Crippen LogP contribution in [0.4, 0.5) is 11.4 Å². The van der Waals surface area contributed by atoms with Gasteiger partial charge >= 0.3 is 0 Å². The number of ether oxygens (including phenoxy) is 1. The SMILES string of the molecule is COc1ccc(/C=C(\NC(=O)c2ccccc2)C(=O)Nc2ccc(SC(C)C(=O)Nc3cc(Cl)ccc3Cl)cc2)cc1. The number of halogens is 2. The molecule has 0 heterocycles. The largest absolute Gasteiger partial charge is 0.497 e. The van der Waals surface area contributed by atoms with Crippen molar-refractivity contribution in [3.8, 4) is 5.75 Å². The third kappa shape index (κ3) is 8.63. The number of rotatable bonds is 10. The van der Waals surface area contributed by atoms with Gasteiger partial charge in [0.15, 0.2) is 0 Å². The van der Waals surface area contributed by atoms with Gasteiger partial charge in [-0.15, -0.1) is 11.8 Å². The standard InChI is InChI=1S/C32H27Cl2N3O4S/c1-20(30(38)36-28-19-23(33)10-17-27(28)34)42-26-15-11-24(12-16-26)35-32(40)29(18-21-8-13-25(41-2)14-9-21)37-31(39)22-6-4-3-5-7-22/h3-20H,1-2H3,(H,35,40)(H,36,38)(H,37,39)/b29-18-. The van der Waals surface area contributed by atoms with Crippen LogP contribution in [0.2, 0.25) is 10.0 Å². The van der Waals surface area contributed by atoms with E-state index >= 15 is 0 Å². The van der Waals surface area contributed by atoms with E-state index in [9.17, 15) is 14.4 Å². The Balaban J connectivity index is 1.44. The summed E-state index contributed by atoms with van der Waals surface area (Å²) >= 11 is 13.5. The quantitative estimate of drug-likeness (QED) is 0.126. The predicted molar refractivity (Wildman–Crippen MR) is 170 cm³/mol. The van der Waals surface area contributed by atoms with Crippen molar-refractivity contribution >= 4 is 70.1 Å². The smallest absolute Gasteiger partial charge is 0.272 e. The van der Waals surface area contributed by atoms with Gasteiger partial charge < -0.3 is 20.7 Å². The fourth-order valence-corrected chi connectivity index (χ4v) is 4.91. The number of carbonyl (C=O) groups is 3. The molecule has 0 aliphatic carbocycles. The molecule has 42 heavy (non-hydrogen) atoms. The molecule has 0 aromatic heterocycles. The van der Waals surface area contributed by atoms with Gasteiger partial charge in [-0.1, -0.05) is 53.5 Å². The third-order valence-corrected chi connectivity index (χ3v) is 7.61. The maximum Gasteiger partial charge on any atom is 0.272 e. The van der Waals surface area contributed by atoms with E-state index in [2.05, 4.69) is 16.0 Å². The monoisotopic (exact) mass is 619 g/mol. The van der Waals surface area contributed by atoms with E-state index in [0.29, 0.717) is 38.3 Å².